The molecule has 0 fully saturated rings. The van der Waals surface area contributed by atoms with E-state index in [0.29, 0.717) is 19.6 Å². The number of nitrogens with zero attached hydrogens (tertiary/aromatic N) is 1. The molecule has 2 N–H and O–H groups in total. The number of carboxylic acids is 1. The second-order valence-electron chi connectivity index (χ2n) is 5.52. The number of carboxylic acid groups (broad SMARTS) is 1. The van der Waals surface area contributed by atoms with E-state index in [9.17, 15) is 9.59 Å². The van der Waals surface area contributed by atoms with Gasteiger partial charge in [0.25, 0.3) is 0 Å². The van der Waals surface area contributed by atoms with Gasteiger partial charge in [-0.1, -0.05) is 24.3 Å². The number of methoxy groups -OCH3 is 1. The predicted octanol–water partition coefficient (Wildman–Crippen LogP) is 3.13. The summed E-state index contributed by atoms with van der Waals surface area (Å²) in [5.41, 5.74) is 2.09. The number of hydrogen-bond acceptors (Lipinski definition) is 3. The van der Waals surface area contributed by atoms with Gasteiger partial charge in [0, 0.05) is 19.6 Å². The Morgan fingerprint density at radius 3 is 2.16 bits per heavy atom. The average molecular weight is 342 g/mol. The minimum Gasteiger partial charge on any atom is -0.497 e. The number of rotatable bonds is 7. The van der Waals surface area contributed by atoms with Crippen molar-refractivity contribution >= 4 is 12.0 Å². The highest BCUT2D eigenvalue weighted by atomic mass is 16.5. The highest BCUT2D eigenvalue weighted by molar-refractivity contribution is 5.87. The van der Waals surface area contributed by atoms with E-state index < -0.39 is 5.97 Å². The third kappa shape index (κ3) is 5.24. The van der Waals surface area contributed by atoms with Crippen LogP contribution in [0.5, 0.6) is 5.75 Å². The quantitative estimate of drug-likeness (QED) is 0.810. The molecule has 0 aliphatic carbocycles. The summed E-state index contributed by atoms with van der Waals surface area (Å²) in [6.45, 7) is 3.35. The molecule has 0 aromatic heterocycles. The Labute approximate surface area is 147 Å². The zero-order valence-corrected chi connectivity index (χ0v) is 14.4. The summed E-state index contributed by atoms with van der Waals surface area (Å²) in [6, 6.07) is 13.9. The van der Waals surface area contributed by atoms with Crippen LogP contribution < -0.4 is 10.1 Å². The fourth-order valence-electron chi connectivity index (χ4n) is 2.33. The van der Waals surface area contributed by atoms with Crippen molar-refractivity contribution in [2.75, 3.05) is 13.7 Å². The van der Waals surface area contributed by atoms with Gasteiger partial charge in [-0.15, -0.1) is 0 Å². The van der Waals surface area contributed by atoms with Gasteiger partial charge in [0.15, 0.2) is 0 Å². The van der Waals surface area contributed by atoms with E-state index in [2.05, 4.69) is 5.32 Å². The summed E-state index contributed by atoms with van der Waals surface area (Å²) in [5.74, 6) is -0.187. The number of carbonyl (C=O) groups is 2. The maximum Gasteiger partial charge on any atom is 0.335 e. The molecule has 6 nitrogen and oxygen atoms in total. The Balaban J connectivity index is 1.91. The molecular weight excluding hydrogens is 320 g/mol. The van der Waals surface area contributed by atoms with Gasteiger partial charge in [0.2, 0.25) is 0 Å². The van der Waals surface area contributed by atoms with Crippen LogP contribution in [0.4, 0.5) is 4.79 Å². The molecule has 0 radical (unpaired) electrons. The minimum atomic E-state index is -0.966. The molecule has 0 aliphatic heterocycles. The van der Waals surface area contributed by atoms with E-state index in [1.807, 2.05) is 31.2 Å². The monoisotopic (exact) mass is 342 g/mol. The number of amides is 2. The number of hydrogen-bond donors (Lipinski definition) is 2. The Kier molecular flexibility index (Phi) is 6.39. The third-order valence-electron chi connectivity index (χ3n) is 3.85. The van der Waals surface area contributed by atoms with Crippen molar-refractivity contribution in [3.8, 4) is 5.75 Å². The minimum absolute atomic E-state index is 0.166. The maximum absolute atomic E-state index is 12.3. The molecule has 0 saturated carbocycles. The molecule has 0 atom stereocenters. The van der Waals surface area contributed by atoms with E-state index in [1.54, 1.807) is 24.1 Å². The standard InChI is InChI=1S/C19H22N2O4/c1-3-21(13-15-6-10-17(25-2)11-7-15)19(24)20-12-14-4-8-16(9-5-14)18(22)23/h4-11H,3,12-13H2,1-2H3,(H,20,24)(H,22,23). The molecule has 0 aliphatic rings. The lowest BCUT2D eigenvalue weighted by atomic mass is 10.1. The smallest absolute Gasteiger partial charge is 0.335 e. The summed E-state index contributed by atoms with van der Waals surface area (Å²) in [5, 5.41) is 11.7. The summed E-state index contributed by atoms with van der Waals surface area (Å²) >= 11 is 0. The van der Waals surface area contributed by atoms with Gasteiger partial charge in [0.1, 0.15) is 5.75 Å². The maximum atomic E-state index is 12.3. The molecule has 132 valence electrons. The summed E-state index contributed by atoms with van der Waals surface area (Å²) < 4.78 is 5.13. The second kappa shape index (κ2) is 8.73. The lowest BCUT2D eigenvalue weighted by Gasteiger charge is -2.21. The first-order valence-electron chi connectivity index (χ1n) is 8.01. The van der Waals surface area contributed by atoms with Crippen LogP contribution in [0.2, 0.25) is 0 Å². The summed E-state index contributed by atoms with van der Waals surface area (Å²) in [4.78, 5) is 24.9. The van der Waals surface area contributed by atoms with E-state index in [0.717, 1.165) is 16.9 Å². The molecule has 0 spiro atoms. The van der Waals surface area contributed by atoms with Crippen LogP contribution in [0.3, 0.4) is 0 Å². The topological polar surface area (TPSA) is 78.9 Å². The number of benzene rings is 2. The zero-order valence-electron chi connectivity index (χ0n) is 14.4. The van der Waals surface area contributed by atoms with Crippen molar-refractivity contribution in [3.63, 3.8) is 0 Å². The highest BCUT2D eigenvalue weighted by Crippen LogP contribution is 2.13. The van der Waals surface area contributed by atoms with Crippen molar-refractivity contribution in [2.45, 2.75) is 20.0 Å². The molecule has 2 aromatic carbocycles. The van der Waals surface area contributed by atoms with Gasteiger partial charge in [-0.2, -0.15) is 0 Å². The van der Waals surface area contributed by atoms with E-state index in [1.165, 1.54) is 12.1 Å². The Morgan fingerprint density at radius 2 is 1.64 bits per heavy atom. The lowest BCUT2D eigenvalue weighted by molar-refractivity contribution is 0.0697. The van der Waals surface area contributed by atoms with Crippen LogP contribution in [-0.4, -0.2) is 35.7 Å². The third-order valence-corrected chi connectivity index (χ3v) is 3.85. The second-order valence-corrected chi connectivity index (χ2v) is 5.52. The summed E-state index contributed by atoms with van der Waals surface area (Å²) in [6.07, 6.45) is 0. The van der Waals surface area contributed by atoms with Crippen molar-refractivity contribution in [1.29, 1.82) is 0 Å². The number of aromatic carboxylic acids is 1. The Bertz CT molecular complexity index is 711. The first-order chi connectivity index (χ1) is 12.0. The molecule has 2 aromatic rings. The van der Waals surface area contributed by atoms with Gasteiger partial charge in [-0.25, -0.2) is 9.59 Å². The van der Waals surface area contributed by atoms with Crippen molar-refractivity contribution in [3.05, 3.63) is 65.2 Å². The molecular formula is C19H22N2O4. The molecule has 6 heteroatoms. The van der Waals surface area contributed by atoms with Crippen LogP contribution >= 0.6 is 0 Å². The van der Waals surface area contributed by atoms with Gasteiger partial charge in [0.05, 0.1) is 12.7 Å². The zero-order chi connectivity index (χ0) is 18.2. The predicted molar refractivity (Wildman–Crippen MR) is 94.7 cm³/mol. The number of carbonyl (C=O) groups excluding carboxylic acids is 1. The van der Waals surface area contributed by atoms with Crippen LogP contribution in [0, 0.1) is 0 Å². The molecule has 0 heterocycles. The number of nitrogens with one attached hydrogen (secondary N) is 1. The van der Waals surface area contributed by atoms with Crippen LogP contribution in [-0.2, 0) is 13.1 Å². The molecule has 25 heavy (non-hydrogen) atoms. The highest BCUT2D eigenvalue weighted by Gasteiger charge is 2.12. The SMILES string of the molecule is CCN(Cc1ccc(OC)cc1)C(=O)NCc1ccc(C(=O)O)cc1. The molecule has 2 rings (SSSR count). The Hall–Kier alpha value is -3.02. The first-order valence-corrected chi connectivity index (χ1v) is 8.01. The normalized spacial score (nSPS) is 10.2. The van der Waals surface area contributed by atoms with Crippen molar-refractivity contribution in [1.82, 2.24) is 10.2 Å². The number of urea groups is 1. The van der Waals surface area contributed by atoms with E-state index in [4.69, 9.17) is 9.84 Å². The fourth-order valence-corrected chi connectivity index (χ4v) is 2.33. The molecule has 0 bridgehead atoms. The van der Waals surface area contributed by atoms with Crippen LogP contribution in [0.15, 0.2) is 48.5 Å². The molecule has 0 unspecified atom stereocenters. The lowest BCUT2D eigenvalue weighted by Crippen LogP contribution is -2.39. The van der Waals surface area contributed by atoms with E-state index >= 15 is 0 Å². The van der Waals surface area contributed by atoms with Gasteiger partial charge >= 0.3 is 12.0 Å². The van der Waals surface area contributed by atoms with Crippen molar-refractivity contribution in [2.24, 2.45) is 0 Å². The number of ether oxygens (including phenoxy) is 1. The van der Waals surface area contributed by atoms with Crippen LogP contribution in [0.25, 0.3) is 0 Å². The van der Waals surface area contributed by atoms with Crippen molar-refractivity contribution < 1.29 is 19.4 Å². The molecule has 2 amide bonds. The fraction of sp³-hybridized carbons (Fsp3) is 0.263. The van der Waals surface area contributed by atoms with Gasteiger partial charge in [-0.3, -0.25) is 0 Å². The van der Waals surface area contributed by atoms with Gasteiger partial charge in [-0.05, 0) is 42.3 Å². The largest absolute Gasteiger partial charge is 0.497 e. The van der Waals surface area contributed by atoms with Crippen LogP contribution in [0.1, 0.15) is 28.4 Å². The summed E-state index contributed by atoms with van der Waals surface area (Å²) in [7, 11) is 1.61. The van der Waals surface area contributed by atoms with E-state index in [-0.39, 0.29) is 11.6 Å². The average Bonchev–Trinajstić information content (AvgIpc) is 2.65. The van der Waals surface area contributed by atoms with Gasteiger partial charge < -0.3 is 20.1 Å². The first kappa shape index (κ1) is 18.3. The Morgan fingerprint density at radius 1 is 1.04 bits per heavy atom. The molecule has 0 saturated heterocycles.